The lowest BCUT2D eigenvalue weighted by Gasteiger charge is -2.47. The normalized spacial score (nSPS) is 24.3. The van der Waals surface area contributed by atoms with Crippen molar-refractivity contribution in [3.05, 3.63) is 93.0 Å². The highest BCUT2D eigenvalue weighted by Gasteiger charge is 2.61. The number of nitrogens with one attached hydrogen (secondary N) is 2. The molecule has 3 aromatic carbocycles. The first-order valence-corrected chi connectivity index (χ1v) is 15.1. The Morgan fingerprint density at radius 3 is 2.50 bits per heavy atom. The summed E-state index contributed by atoms with van der Waals surface area (Å²) < 4.78 is 6.69. The van der Waals surface area contributed by atoms with Gasteiger partial charge in [0.05, 0.1) is 6.04 Å². The van der Waals surface area contributed by atoms with Crippen LogP contribution in [0.4, 0.5) is 5.69 Å². The number of carbonyl (C=O) groups excluding carboxylic acids is 2. The van der Waals surface area contributed by atoms with Crippen LogP contribution in [0.1, 0.15) is 67.3 Å². The fourth-order valence-electron chi connectivity index (χ4n) is 6.93. The van der Waals surface area contributed by atoms with E-state index in [1.165, 1.54) is 0 Å². The Balaban J connectivity index is 1.52. The van der Waals surface area contributed by atoms with E-state index in [9.17, 15) is 9.59 Å². The molecule has 1 spiro atoms. The Morgan fingerprint density at radius 2 is 1.79 bits per heavy atom. The Labute approximate surface area is 256 Å². The van der Waals surface area contributed by atoms with Crippen molar-refractivity contribution in [2.75, 3.05) is 18.4 Å². The van der Waals surface area contributed by atoms with Gasteiger partial charge >= 0.3 is 0 Å². The molecular weight excluding hydrogens is 569 g/mol. The van der Waals surface area contributed by atoms with E-state index in [1.807, 2.05) is 42.5 Å². The van der Waals surface area contributed by atoms with Crippen molar-refractivity contribution in [3.63, 3.8) is 0 Å². The van der Waals surface area contributed by atoms with Crippen molar-refractivity contribution in [2.24, 2.45) is 0 Å². The summed E-state index contributed by atoms with van der Waals surface area (Å²) in [5.41, 5.74) is 2.28. The van der Waals surface area contributed by atoms with E-state index in [0.717, 1.165) is 37.1 Å². The molecule has 3 aliphatic heterocycles. The number of carbonyl (C=O) groups is 2. The number of nitrogens with zero attached hydrogens (tertiary/aromatic N) is 1. The lowest BCUT2D eigenvalue weighted by Crippen LogP contribution is -2.57. The Hall–Kier alpha value is -3.50. The smallest absolute Gasteiger partial charge is 0.238 e. The molecule has 2 fully saturated rings. The highest BCUT2D eigenvalue weighted by molar-refractivity contribution is 6.31. The Bertz CT molecular complexity index is 1590. The quantitative estimate of drug-likeness (QED) is 0.329. The number of hydrogen-bond donors (Lipinski definition) is 2. The van der Waals surface area contributed by atoms with E-state index < -0.39 is 17.4 Å². The molecule has 2 N–H and O–H groups in total. The molecule has 2 amide bonds. The second-order valence-electron chi connectivity index (χ2n) is 11.7. The molecule has 8 heteroatoms. The molecule has 6 nitrogen and oxygen atoms in total. The van der Waals surface area contributed by atoms with Crippen LogP contribution in [0.2, 0.25) is 10.0 Å². The van der Waals surface area contributed by atoms with E-state index in [1.54, 1.807) is 18.2 Å². The maximum Gasteiger partial charge on any atom is 0.238 e. The van der Waals surface area contributed by atoms with Gasteiger partial charge < -0.3 is 20.3 Å². The molecule has 3 aromatic rings. The van der Waals surface area contributed by atoms with Gasteiger partial charge in [0.1, 0.15) is 17.3 Å². The highest BCUT2D eigenvalue weighted by atomic mass is 35.5. The predicted molar refractivity (Wildman–Crippen MR) is 166 cm³/mol. The number of piperidine rings is 2. The number of halogens is 2. The first kappa shape index (κ1) is 28.6. The minimum atomic E-state index is -1.22. The van der Waals surface area contributed by atoms with Crippen LogP contribution in [0.3, 0.4) is 0 Å². The van der Waals surface area contributed by atoms with Crippen LogP contribution in [0.15, 0.2) is 60.7 Å². The van der Waals surface area contributed by atoms with Crippen molar-refractivity contribution in [2.45, 2.75) is 62.6 Å². The predicted octanol–water partition coefficient (Wildman–Crippen LogP) is 6.46. The van der Waals surface area contributed by atoms with E-state index in [-0.39, 0.29) is 24.3 Å². The Kier molecular flexibility index (Phi) is 7.70. The van der Waals surface area contributed by atoms with Crippen molar-refractivity contribution in [1.82, 2.24) is 10.2 Å². The number of amides is 2. The van der Waals surface area contributed by atoms with Crippen LogP contribution < -0.4 is 15.4 Å². The highest BCUT2D eigenvalue weighted by Crippen LogP contribution is 2.58. The van der Waals surface area contributed by atoms with Gasteiger partial charge in [-0.05, 0) is 80.3 Å². The molecule has 3 atom stereocenters. The summed E-state index contributed by atoms with van der Waals surface area (Å²) in [5, 5.41) is 7.31. The summed E-state index contributed by atoms with van der Waals surface area (Å²) in [6, 6.07) is 18.1. The average Bonchev–Trinajstić information content (AvgIpc) is 3.25. The average molecular weight is 603 g/mol. The van der Waals surface area contributed by atoms with Gasteiger partial charge in [-0.2, -0.15) is 0 Å². The zero-order valence-corrected chi connectivity index (χ0v) is 25.1. The van der Waals surface area contributed by atoms with Gasteiger partial charge in [0, 0.05) is 58.3 Å². The maximum atomic E-state index is 14.4. The molecule has 0 saturated carbocycles. The van der Waals surface area contributed by atoms with Crippen LogP contribution in [0.25, 0.3) is 0 Å². The lowest BCUT2D eigenvalue weighted by molar-refractivity contribution is -0.131. The number of anilines is 1. The van der Waals surface area contributed by atoms with Crippen molar-refractivity contribution in [3.8, 4) is 18.1 Å². The topological polar surface area (TPSA) is 70.7 Å². The number of terminal acetylenes is 1. The molecule has 216 valence electrons. The standard InChI is InChI=1S/C34H33Cl2N3O3/c1-4-21-8-11-30(42-25-12-14-39(15-13-25)20(2)3)26(16-21)32-34(27-10-9-24(36)18-29(27)37-33(34)41)28(19-31(40)38-32)22-6-5-7-23(35)17-22/h1,5-11,16-18,20,25,28,32H,12-15,19H2,2-3H3,(H,37,41)(H,38,40). The summed E-state index contributed by atoms with van der Waals surface area (Å²) in [6.45, 7) is 6.29. The summed E-state index contributed by atoms with van der Waals surface area (Å²) in [7, 11) is 0. The molecule has 3 aliphatic rings. The molecule has 2 saturated heterocycles. The second-order valence-corrected chi connectivity index (χ2v) is 12.5. The third-order valence-electron chi connectivity index (χ3n) is 8.99. The summed E-state index contributed by atoms with van der Waals surface area (Å²) in [6.07, 6.45) is 7.72. The molecular formula is C34H33Cl2N3O3. The van der Waals surface area contributed by atoms with Crippen molar-refractivity contribution in [1.29, 1.82) is 0 Å². The van der Waals surface area contributed by atoms with Crippen molar-refractivity contribution >= 4 is 40.7 Å². The number of hydrogen-bond acceptors (Lipinski definition) is 4. The first-order valence-electron chi connectivity index (χ1n) is 14.4. The first-order chi connectivity index (χ1) is 20.2. The molecule has 0 aliphatic carbocycles. The van der Waals surface area contributed by atoms with Crippen LogP contribution >= 0.6 is 23.2 Å². The molecule has 0 radical (unpaired) electrons. The number of likely N-dealkylation sites (tertiary alicyclic amines) is 1. The zero-order chi connectivity index (χ0) is 29.6. The van der Waals surface area contributed by atoms with Crippen molar-refractivity contribution < 1.29 is 14.3 Å². The number of rotatable bonds is 5. The Morgan fingerprint density at radius 1 is 1.02 bits per heavy atom. The minimum Gasteiger partial charge on any atom is -0.490 e. The van der Waals surface area contributed by atoms with E-state index in [0.29, 0.717) is 38.7 Å². The number of benzene rings is 3. The van der Waals surface area contributed by atoms with Crippen LogP contribution in [0.5, 0.6) is 5.75 Å². The SMILES string of the molecule is C#Cc1ccc(OC2CCN(C(C)C)CC2)c(C2NC(=O)CC(c3cccc(Cl)c3)C23C(=O)Nc2cc(Cl)ccc23)c1. The monoisotopic (exact) mass is 601 g/mol. The van der Waals surface area contributed by atoms with Gasteiger partial charge in [-0.15, -0.1) is 6.42 Å². The second kappa shape index (κ2) is 11.3. The van der Waals surface area contributed by atoms with Gasteiger partial charge in [-0.3, -0.25) is 9.59 Å². The molecule has 42 heavy (non-hydrogen) atoms. The minimum absolute atomic E-state index is 0.00194. The molecule has 3 heterocycles. The summed E-state index contributed by atoms with van der Waals surface area (Å²) >= 11 is 12.8. The maximum absolute atomic E-state index is 14.4. The molecule has 0 bridgehead atoms. The van der Waals surface area contributed by atoms with Gasteiger partial charge in [0.2, 0.25) is 11.8 Å². The van der Waals surface area contributed by atoms with Gasteiger partial charge in [0.15, 0.2) is 0 Å². The van der Waals surface area contributed by atoms with Crippen LogP contribution in [0, 0.1) is 12.3 Å². The zero-order valence-electron chi connectivity index (χ0n) is 23.6. The van der Waals surface area contributed by atoms with E-state index in [4.69, 9.17) is 34.4 Å². The van der Waals surface area contributed by atoms with Crippen LogP contribution in [-0.2, 0) is 15.0 Å². The fraction of sp³-hybridized carbons (Fsp3) is 0.353. The summed E-state index contributed by atoms with van der Waals surface area (Å²) in [5.74, 6) is 2.42. The van der Waals surface area contributed by atoms with Gasteiger partial charge in [-0.25, -0.2) is 0 Å². The summed E-state index contributed by atoms with van der Waals surface area (Å²) in [4.78, 5) is 30.4. The van der Waals surface area contributed by atoms with Gasteiger partial charge in [-0.1, -0.05) is 47.3 Å². The van der Waals surface area contributed by atoms with Crippen LogP contribution in [-0.4, -0.2) is 41.9 Å². The third kappa shape index (κ3) is 4.94. The third-order valence-corrected chi connectivity index (χ3v) is 9.46. The number of ether oxygens (including phenoxy) is 1. The van der Waals surface area contributed by atoms with E-state index in [2.05, 4.69) is 35.3 Å². The molecule has 6 rings (SSSR count). The molecule has 0 aromatic heterocycles. The van der Waals surface area contributed by atoms with E-state index >= 15 is 0 Å². The lowest BCUT2D eigenvalue weighted by atomic mass is 9.59. The number of fused-ring (bicyclic) bond motifs is 2. The molecule has 3 unspecified atom stereocenters. The van der Waals surface area contributed by atoms with Gasteiger partial charge in [0.25, 0.3) is 0 Å². The fourth-order valence-corrected chi connectivity index (χ4v) is 7.30. The largest absolute Gasteiger partial charge is 0.490 e.